The average Bonchev–Trinajstić information content (AvgIpc) is 3.56. The number of ether oxygens (including phenoxy) is 2. The molecule has 2 aromatic carbocycles. The van der Waals surface area contributed by atoms with Gasteiger partial charge in [0.2, 0.25) is 11.8 Å². The number of nitrogens with zero attached hydrogens (tertiary/aromatic N) is 4. The number of anilines is 1. The molecule has 10 heteroatoms. The third kappa shape index (κ3) is 6.07. The standard InChI is InChI=1S/C26H27N5O4S/c1-17-29-30-25(34-17)19-3-5-21(6-4-19)35-23-14-20(24(32)28-26-27-9-12-36-26)13-22(15-23)33-16-18-7-10-31(2)11-8-18/h3-6,9,12-15,18H,7-8,10-11,16H2,1-2H3,(H,27,28,32). The average molecular weight is 506 g/mol. The lowest BCUT2D eigenvalue weighted by molar-refractivity contribution is 0.102. The second-order valence-electron chi connectivity index (χ2n) is 8.79. The molecule has 1 N–H and O–H groups in total. The fourth-order valence-corrected chi connectivity index (χ4v) is 4.48. The van der Waals surface area contributed by atoms with Crippen LogP contribution in [0, 0.1) is 12.8 Å². The second kappa shape index (κ2) is 10.9. The topological polar surface area (TPSA) is 103 Å². The lowest BCUT2D eigenvalue weighted by atomic mass is 9.98. The summed E-state index contributed by atoms with van der Waals surface area (Å²) in [7, 11) is 2.14. The van der Waals surface area contributed by atoms with Gasteiger partial charge in [0, 0.05) is 35.7 Å². The molecule has 36 heavy (non-hydrogen) atoms. The van der Waals surface area contributed by atoms with Gasteiger partial charge in [0.15, 0.2) is 5.13 Å². The number of aromatic nitrogens is 3. The zero-order valence-electron chi connectivity index (χ0n) is 20.1. The van der Waals surface area contributed by atoms with Crippen molar-refractivity contribution in [3.8, 4) is 28.7 Å². The van der Waals surface area contributed by atoms with Crippen LogP contribution in [-0.2, 0) is 0 Å². The summed E-state index contributed by atoms with van der Waals surface area (Å²) in [6, 6.07) is 12.6. The first-order valence-electron chi connectivity index (χ1n) is 11.8. The van der Waals surface area contributed by atoms with Crippen LogP contribution in [0.3, 0.4) is 0 Å². The van der Waals surface area contributed by atoms with Gasteiger partial charge in [-0.2, -0.15) is 0 Å². The van der Waals surface area contributed by atoms with Gasteiger partial charge in [-0.05, 0) is 75.3 Å². The van der Waals surface area contributed by atoms with E-state index in [-0.39, 0.29) is 5.91 Å². The number of rotatable bonds is 8. The molecule has 9 nitrogen and oxygen atoms in total. The van der Waals surface area contributed by atoms with Crippen LogP contribution in [0.4, 0.5) is 5.13 Å². The third-order valence-electron chi connectivity index (χ3n) is 5.98. The molecule has 1 fully saturated rings. The number of aryl methyl sites for hydroxylation is 1. The minimum atomic E-state index is -0.276. The van der Waals surface area contributed by atoms with E-state index in [0.717, 1.165) is 31.5 Å². The van der Waals surface area contributed by atoms with Crippen molar-refractivity contribution >= 4 is 22.4 Å². The summed E-state index contributed by atoms with van der Waals surface area (Å²) in [4.78, 5) is 19.4. The number of hydrogen-bond donors (Lipinski definition) is 1. The first kappa shape index (κ1) is 24.0. The SMILES string of the molecule is Cc1nnc(-c2ccc(Oc3cc(OCC4CCN(C)CC4)cc(C(=O)Nc4nccs4)c3)cc2)o1. The summed E-state index contributed by atoms with van der Waals surface area (Å²) < 4.78 is 17.7. The van der Waals surface area contributed by atoms with Crippen molar-refractivity contribution in [3.05, 3.63) is 65.5 Å². The van der Waals surface area contributed by atoms with Gasteiger partial charge in [-0.1, -0.05) is 0 Å². The maximum absolute atomic E-state index is 12.9. The van der Waals surface area contributed by atoms with Crippen molar-refractivity contribution in [1.29, 1.82) is 0 Å². The number of thiazole rings is 1. The van der Waals surface area contributed by atoms with Gasteiger partial charge in [-0.25, -0.2) is 4.98 Å². The molecule has 0 saturated carbocycles. The molecule has 4 aromatic rings. The molecule has 2 aromatic heterocycles. The van der Waals surface area contributed by atoms with Crippen LogP contribution in [0.15, 0.2) is 58.5 Å². The van der Waals surface area contributed by atoms with Crippen molar-refractivity contribution in [2.45, 2.75) is 19.8 Å². The highest BCUT2D eigenvalue weighted by molar-refractivity contribution is 7.13. The van der Waals surface area contributed by atoms with Crippen molar-refractivity contribution in [2.75, 3.05) is 32.1 Å². The predicted molar refractivity (Wildman–Crippen MR) is 137 cm³/mol. The molecule has 0 radical (unpaired) electrons. The van der Waals surface area contributed by atoms with Crippen molar-refractivity contribution in [2.24, 2.45) is 5.92 Å². The number of amides is 1. The van der Waals surface area contributed by atoms with E-state index in [1.54, 1.807) is 25.3 Å². The van der Waals surface area contributed by atoms with Crippen molar-refractivity contribution in [3.63, 3.8) is 0 Å². The normalized spacial score (nSPS) is 14.5. The van der Waals surface area contributed by atoms with Crippen LogP contribution in [0.25, 0.3) is 11.5 Å². The molecule has 0 aliphatic carbocycles. The second-order valence-corrected chi connectivity index (χ2v) is 9.69. The van der Waals surface area contributed by atoms with E-state index in [2.05, 4.69) is 32.4 Å². The van der Waals surface area contributed by atoms with E-state index >= 15 is 0 Å². The molecule has 1 aliphatic heterocycles. The smallest absolute Gasteiger partial charge is 0.257 e. The lowest BCUT2D eigenvalue weighted by Gasteiger charge is -2.28. The predicted octanol–water partition coefficient (Wildman–Crippen LogP) is 5.27. The fraction of sp³-hybridized carbons (Fsp3) is 0.308. The molecule has 0 spiro atoms. The first-order valence-corrected chi connectivity index (χ1v) is 12.7. The number of benzene rings is 2. The molecule has 5 rings (SSSR count). The fourth-order valence-electron chi connectivity index (χ4n) is 3.96. The van der Waals surface area contributed by atoms with Gasteiger partial charge in [-0.15, -0.1) is 21.5 Å². The summed E-state index contributed by atoms with van der Waals surface area (Å²) in [6.45, 7) is 4.48. The Kier molecular flexibility index (Phi) is 7.24. The molecule has 1 amide bonds. The van der Waals surface area contributed by atoms with Gasteiger partial charge < -0.3 is 18.8 Å². The van der Waals surface area contributed by atoms with E-state index in [0.29, 0.717) is 52.2 Å². The monoisotopic (exact) mass is 505 g/mol. The van der Waals surface area contributed by atoms with E-state index in [4.69, 9.17) is 13.9 Å². The summed E-state index contributed by atoms with van der Waals surface area (Å²) in [5.74, 6) is 2.86. The molecular weight excluding hydrogens is 478 g/mol. The zero-order chi connectivity index (χ0) is 24.9. The number of hydrogen-bond acceptors (Lipinski definition) is 9. The van der Waals surface area contributed by atoms with Crippen LogP contribution in [0.2, 0.25) is 0 Å². The summed E-state index contributed by atoms with van der Waals surface area (Å²) in [5, 5.41) is 13.1. The van der Waals surface area contributed by atoms with E-state index in [9.17, 15) is 4.79 Å². The van der Waals surface area contributed by atoms with E-state index in [1.807, 2.05) is 35.7 Å². The molecule has 1 aliphatic rings. The van der Waals surface area contributed by atoms with Crippen LogP contribution in [0.5, 0.6) is 17.2 Å². The van der Waals surface area contributed by atoms with Crippen LogP contribution < -0.4 is 14.8 Å². The maximum Gasteiger partial charge on any atom is 0.257 e. The van der Waals surface area contributed by atoms with Crippen LogP contribution in [-0.4, -0.2) is 52.7 Å². The van der Waals surface area contributed by atoms with Crippen molar-refractivity contribution in [1.82, 2.24) is 20.1 Å². The number of likely N-dealkylation sites (tertiary alicyclic amines) is 1. The Labute approximate surface area is 213 Å². The molecule has 186 valence electrons. The van der Waals surface area contributed by atoms with Gasteiger partial charge in [-0.3, -0.25) is 10.1 Å². The number of carbonyl (C=O) groups is 1. The van der Waals surface area contributed by atoms with Crippen LogP contribution >= 0.6 is 11.3 Å². The molecular formula is C26H27N5O4S. The number of piperidine rings is 1. The Morgan fingerprint density at radius 2 is 1.89 bits per heavy atom. The number of nitrogens with one attached hydrogen (secondary N) is 1. The van der Waals surface area contributed by atoms with Gasteiger partial charge in [0.25, 0.3) is 5.91 Å². The largest absolute Gasteiger partial charge is 0.493 e. The van der Waals surface area contributed by atoms with Gasteiger partial charge in [0.05, 0.1) is 6.61 Å². The van der Waals surface area contributed by atoms with Crippen molar-refractivity contribution < 1.29 is 18.7 Å². The summed E-state index contributed by atoms with van der Waals surface area (Å²) in [5.41, 5.74) is 1.22. The Morgan fingerprint density at radius 1 is 1.11 bits per heavy atom. The Hall–Kier alpha value is -3.76. The summed E-state index contributed by atoms with van der Waals surface area (Å²) >= 11 is 1.36. The van der Waals surface area contributed by atoms with Crippen LogP contribution in [0.1, 0.15) is 29.1 Å². The highest BCUT2D eigenvalue weighted by Gasteiger charge is 2.18. The van der Waals surface area contributed by atoms with E-state index in [1.165, 1.54) is 11.3 Å². The highest BCUT2D eigenvalue weighted by Crippen LogP contribution is 2.30. The molecule has 0 bridgehead atoms. The quantitative estimate of drug-likeness (QED) is 0.346. The molecule has 0 unspecified atom stereocenters. The first-order chi connectivity index (χ1) is 17.5. The Balaban J connectivity index is 1.33. The Morgan fingerprint density at radius 3 is 2.58 bits per heavy atom. The maximum atomic E-state index is 12.9. The number of carbonyl (C=O) groups excluding carboxylic acids is 1. The lowest BCUT2D eigenvalue weighted by Crippen LogP contribution is -2.32. The zero-order valence-corrected chi connectivity index (χ0v) is 21.0. The summed E-state index contributed by atoms with van der Waals surface area (Å²) in [6.07, 6.45) is 3.83. The highest BCUT2D eigenvalue weighted by atomic mass is 32.1. The molecule has 0 atom stereocenters. The molecule has 1 saturated heterocycles. The van der Waals surface area contributed by atoms with E-state index < -0.39 is 0 Å². The minimum Gasteiger partial charge on any atom is -0.493 e. The Bertz CT molecular complexity index is 1300. The van der Waals surface area contributed by atoms with Gasteiger partial charge >= 0.3 is 0 Å². The van der Waals surface area contributed by atoms with Gasteiger partial charge in [0.1, 0.15) is 17.2 Å². The molecule has 3 heterocycles. The third-order valence-corrected chi connectivity index (χ3v) is 6.67. The minimum absolute atomic E-state index is 0.276.